The van der Waals surface area contributed by atoms with Gasteiger partial charge in [0.2, 0.25) is 0 Å². The smallest absolute Gasteiger partial charge is 0.113 e. The fourth-order valence-electron chi connectivity index (χ4n) is 0.702. The van der Waals surface area contributed by atoms with Gasteiger partial charge in [0.1, 0.15) is 10.9 Å². The Kier molecular flexibility index (Phi) is 4.37. The molecule has 0 spiro atoms. The van der Waals surface area contributed by atoms with Crippen LogP contribution in [0.4, 0.5) is 0 Å². The van der Waals surface area contributed by atoms with E-state index in [1.807, 2.05) is 0 Å². The first-order valence-electron chi connectivity index (χ1n) is 3.30. The molecule has 0 N–H and O–H groups in total. The summed E-state index contributed by atoms with van der Waals surface area (Å²) in [6.45, 7) is 0.601. The van der Waals surface area contributed by atoms with E-state index in [1.165, 1.54) is 11.3 Å². The summed E-state index contributed by atoms with van der Waals surface area (Å²) in [5, 5.41) is 0.835. The van der Waals surface area contributed by atoms with Crippen molar-refractivity contribution in [3.63, 3.8) is 0 Å². The number of terminal acetylenes is 1. The number of hydrogen-bond acceptors (Lipinski definition) is 2. The molecule has 1 aromatic heterocycles. The summed E-state index contributed by atoms with van der Waals surface area (Å²) in [4.78, 5) is 0.798. The predicted octanol–water partition coefficient (Wildman–Crippen LogP) is 3.86. The van der Waals surface area contributed by atoms with Crippen LogP contribution >= 0.6 is 46.1 Å². The van der Waals surface area contributed by atoms with Gasteiger partial charge < -0.3 is 4.74 Å². The van der Waals surface area contributed by atoms with Gasteiger partial charge in [0, 0.05) is 0 Å². The molecule has 1 heterocycles. The molecular formula is C8H5Cl3OS. The second-order valence-electron chi connectivity index (χ2n) is 2.12. The monoisotopic (exact) mass is 254 g/mol. The molecule has 0 aromatic carbocycles. The van der Waals surface area contributed by atoms with Crippen LogP contribution < -0.4 is 0 Å². The van der Waals surface area contributed by atoms with E-state index in [2.05, 4.69) is 5.92 Å². The number of ether oxygens (including phenoxy) is 1. The van der Waals surface area contributed by atoms with Gasteiger partial charge in [-0.15, -0.1) is 17.8 Å². The molecule has 0 fully saturated rings. The molecule has 0 aliphatic heterocycles. The highest BCUT2D eigenvalue weighted by Crippen LogP contribution is 2.40. The molecule has 0 unspecified atom stereocenters. The normalized spacial score (nSPS) is 10.0. The van der Waals surface area contributed by atoms with E-state index in [4.69, 9.17) is 46.0 Å². The van der Waals surface area contributed by atoms with Crippen molar-refractivity contribution in [2.24, 2.45) is 0 Å². The lowest BCUT2D eigenvalue weighted by Gasteiger charge is -1.96. The van der Waals surface area contributed by atoms with Crippen LogP contribution in [0.1, 0.15) is 4.88 Å². The van der Waals surface area contributed by atoms with Crippen LogP contribution in [0, 0.1) is 12.3 Å². The molecule has 0 bridgehead atoms. The van der Waals surface area contributed by atoms with Gasteiger partial charge in [-0.05, 0) is 0 Å². The average molecular weight is 256 g/mol. The highest BCUT2D eigenvalue weighted by Gasteiger charge is 2.13. The second kappa shape index (κ2) is 5.09. The van der Waals surface area contributed by atoms with Crippen LogP contribution in [0.2, 0.25) is 14.4 Å². The fraction of sp³-hybridized carbons (Fsp3) is 0.250. The number of rotatable bonds is 3. The first kappa shape index (κ1) is 11.2. The van der Waals surface area contributed by atoms with E-state index in [9.17, 15) is 0 Å². The minimum atomic E-state index is 0.253. The zero-order valence-corrected chi connectivity index (χ0v) is 9.53. The minimum absolute atomic E-state index is 0.253. The molecule has 0 aliphatic carbocycles. The number of thiophene rings is 1. The Labute approximate surface area is 95.6 Å². The summed E-state index contributed by atoms with van der Waals surface area (Å²) in [7, 11) is 0. The quantitative estimate of drug-likeness (QED) is 0.589. The molecule has 0 amide bonds. The van der Waals surface area contributed by atoms with E-state index in [0.717, 1.165) is 4.88 Å². The van der Waals surface area contributed by atoms with Crippen LogP contribution in [-0.4, -0.2) is 6.61 Å². The molecule has 0 radical (unpaired) electrons. The van der Waals surface area contributed by atoms with Crippen molar-refractivity contribution in [1.82, 2.24) is 0 Å². The molecule has 0 aliphatic rings. The SMILES string of the molecule is C#CCOCc1sc(Cl)c(Cl)c1Cl. The van der Waals surface area contributed by atoms with Crippen LogP contribution in [-0.2, 0) is 11.3 Å². The van der Waals surface area contributed by atoms with E-state index in [-0.39, 0.29) is 6.61 Å². The summed E-state index contributed by atoms with van der Waals surface area (Å²) in [6.07, 6.45) is 5.01. The Hall–Kier alpha value is 0.0900. The first-order valence-corrected chi connectivity index (χ1v) is 5.25. The minimum Gasteiger partial charge on any atom is -0.363 e. The Morgan fingerprint density at radius 1 is 1.31 bits per heavy atom. The largest absolute Gasteiger partial charge is 0.363 e. The van der Waals surface area contributed by atoms with Gasteiger partial charge in [-0.1, -0.05) is 40.7 Å². The maximum absolute atomic E-state index is 5.86. The van der Waals surface area contributed by atoms with Gasteiger partial charge in [-0.2, -0.15) is 0 Å². The standard InChI is InChI=1S/C8H5Cl3OS/c1-2-3-12-4-5-6(9)7(10)8(11)13-5/h1H,3-4H2. The van der Waals surface area contributed by atoms with Gasteiger partial charge in [0.15, 0.2) is 0 Å². The summed E-state index contributed by atoms with van der Waals surface area (Å²) in [5.74, 6) is 2.35. The lowest BCUT2D eigenvalue weighted by Crippen LogP contribution is -1.90. The fourth-order valence-corrected chi connectivity index (χ4v) is 2.47. The second-order valence-corrected chi connectivity index (χ2v) is 4.59. The number of hydrogen-bond donors (Lipinski definition) is 0. The molecule has 1 rings (SSSR count). The van der Waals surface area contributed by atoms with Crippen molar-refractivity contribution >= 4 is 46.1 Å². The van der Waals surface area contributed by atoms with Gasteiger partial charge in [0.25, 0.3) is 0 Å². The summed E-state index contributed by atoms with van der Waals surface area (Å²) >= 11 is 18.7. The van der Waals surface area contributed by atoms with Crippen molar-refractivity contribution in [3.8, 4) is 12.3 Å². The van der Waals surface area contributed by atoms with E-state index in [1.54, 1.807) is 0 Å². The predicted molar refractivity (Wildman–Crippen MR) is 57.8 cm³/mol. The molecule has 1 nitrogen and oxygen atoms in total. The van der Waals surface area contributed by atoms with Crippen molar-refractivity contribution in [1.29, 1.82) is 0 Å². The molecule has 70 valence electrons. The Balaban J connectivity index is 2.68. The highest BCUT2D eigenvalue weighted by atomic mass is 35.5. The van der Waals surface area contributed by atoms with Crippen molar-refractivity contribution in [3.05, 3.63) is 19.3 Å². The molecule has 0 saturated carbocycles. The number of halogens is 3. The molecular weight excluding hydrogens is 251 g/mol. The zero-order valence-electron chi connectivity index (χ0n) is 6.44. The maximum atomic E-state index is 5.86. The van der Waals surface area contributed by atoms with Crippen LogP contribution in [0.3, 0.4) is 0 Å². The Morgan fingerprint density at radius 2 is 2.00 bits per heavy atom. The molecule has 0 atom stereocenters. The first-order chi connectivity index (χ1) is 6.16. The van der Waals surface area contributed by atoms with Crippen LogP contribution in [0.15, 0.2) is 0 Å². The summed E-state index contributed by atoms with van der Waals surface area (Å²) in [6, 6.07) is 0. The Morgan fingerprint density at radius 3 is 2.46 bits per heavy atom. The molecule has 0 saturated heterocycles. The van der Waals surface area contributed by atoms with Gasteiger partial charge in [-0.3, -0.25) is 0 Å². The van der Waals surface area contributed by atoms with Crippen molar-refractivity contribution in [2.45, 2.75) is 6.61 Å². The van der Waals surface area contributed by atoms with E-state index < -0.39 is 0 Å². The summed E-state index contributed by atoms with van der Waals surface area (Å²) in [5.41, 5.74) is 0. The van der Waals surface area contributed by atoms with Crippen molar-refractivity contribution in [2.75, 3.05) is 6.61 Å². The van der Waals surface area contributed by atoms with E-state index >= 15 is 0 Å². The summed E-state index contributed by atoms with van der Waals surface area (Å²) < 4.78 is 5.57. The topological polar surface area (TPSA) is 9.23 Å². The lowest BCUT2D eigenvalue weighted by atomic mass is 10.5. The maximum Gasteiger partial charge on any atom is 0.113 e. The van der Waals surface area contributed by atoms with Gasteiger partial charge in [-0.25, -0.2) is 0 Å². The highest BCUT2D eigenvalue weighted by molar-refractivity contribution is 7.17. The third-order valence-electron chi connectivity index (χ3n) is 1.24. The van der Waals surface area contributed by atoms with Gasteiger partial charge >= 0.3 is 0 Å². The van der Waals surface area contributed by atoms with E-state index in [0.29, 0.717) is 21.0 Å². The Bertz CT molecular complexity index is 340. The van der Waals surface area contributed by atoms with Crippen LogP contribution in [0.25, 0.3) is 0 Å². The molecule has 1 aromatic rings. The lowest BCUT2D eigenvalue weighted by molar-refractivity contribution is 0.156. The zero-order chi connectivity index (χ0) is 9.84. The molecule has 5 heteroatoms. The van der Waals surface area contributed by atoms with Gasteiger partial charge in [0.05, 0.1) is 21.5 Å². The average Bonchev–Trinajstić information content (AvgIpc) is 2.34. The van der Waals surface area contributed by atoms with Crippen molar-refractivity contribution < 1.29 is 4.74 Å². The third-order valence-corrected chi connectivity index (χ3v) is 3.83. The molecule has 13 heavy (non-hydrogen) atoms. The van der Waals surface area contributed by atoms with Crippen LogP contribution in [0.5, 0.6) is 0 Å². The third kappa shape index (κ3) is 2.77.